The molecule has 0 amide bonds. The van der Waals surface area contributed by atoms with Crippen LogP contribution in [0.4, 0.5) is 0 Å². The van der Waals surface area contributed by atoms with Crippen molar-refractivity contribution in [1.82, 2.24) is 8.01 Å². The predicted octanol–water partition coefficient (Wildman–Crippen LogP) is 5.02. The Morgan fingerprint density at radius 1 is 1.12 bits per heavy atom. The van der Waals surface area contributed by atoms with Gasteiger partial charge in [-0.3, -0.25) is 4.90 Å². The highest BCUT2D eigenvalue weighted by molar-refractivity contribution is 14.1. The molecule has 3 nitrogen and oxygen atoms in total. The third-order valence-corrected chi connectivity index (χ3v) is 7.17. The van der Waals surface area contributed by atoms with Crippen LogP contribution in [0.2, 0.25) is 0 Å². The lowest BCUT2D eigenvalue weighted by Crippen LogP contribution is -2.46. The molecule has 1 saturated carbocycles. The molecular weight excluding hydrogens is 423 g/mol. The molecule has 0 aromatic heterocycles. The number of rotatable bonds is 5. The van der Waals surface area contributed by atoms with Crippen LogP contribution in [0.15, 0.2) is 24.3 Å². The van der Waals surface area contributed by atoms with Crippen LogP contribution in [0.3, 0.4) is 0 Å². The molecule has 1 aromatic carbocycles. The first kappa shape index (κ1) is 19.6. The maximum Gasteiger partial charge on any atom is 0.0574 e. The normalized spacial score (nSPS) is 29.2. The summed E-state index contributed by atoms with van der Waals surface area (Å²) in [7, 11) is 1.86. The van der Waals surface area contributed by atoms with Crippen molar-refractivity contribution in [2.24, 2.45) is 5.92 Å². The lowest BCUT2D eigenvalue weighted by Gasteiger charge is -2.41. The molecule has 4 heteroatoms. The summed E-state index contributed by atoms with van der Waals surface area (Å²) in [5.41, 5.74) is 3.04. The molecule has 3 rings (SSSR count). The van der Waals surface area contributed by atoms with E-state index in [1.807, 2.05) is 7.11 Å². The average Bonchev–Trinajstić information content (AvgIpc) is 2.64. The largest absolute Gasteiger partial charge is 0.381 e. The van der Waals surface area contributed by atoms with E-state index in [1.54, 1.807) is 0 Å². The van der Waals surface area contributed by atoms with E-state index < -0.39 is 0 Å². The summed E-state index contributed by atoms with van der Waals surface area (Å²) in [6.45, 7) is 9.41. The van der Waals surface area contributed by atoms with Crippen LogP contribution < -0.4 is 0 Å². The minimum atomic E-state index is 0.508. The number of piperazine rings is 1. The Morgan fingerprint density at radius 2 is 1.84 bits per heavy atom. The van der Waals surface area contributed by atoms with E-state index in [4.69, 9.17) is 4.74 Å². The standard InChI is InChI=1S/C21H33IN2O/c1-16(2)19-6-4-5-7-20(19)21-15-23(12-13-24(21)22)14-17-8-10-18(25-3)11-9-17/h4-7,16-18,21H,8-15H2,1-3H3. The molecule has 25 heavy (non-hydrogen) atoms. The van der Waals surface area contributed by atoms with Crippen LogP contribution in [0, 0.1) is 5.92 Å². The maximum atomic E-state index is 5.53. The third-order valence-electron chi connectivity index (χ3n) is 6.02. The Labute approximate surface area is 167 Å². The Hall–Kier alpha value is -0.170. The van der Waals surface area contributed by atoms with Gasteiger partial charge in [-0.2, -0.15) is 0 Å². The second-order valence-corrected chi connectivity index (χ2v) is 9.30. The molecule has 0 radical (unpaired) electrons. The van der Waals surface area contributed by atoms with Crippen molar-refractivity contribution >= 4 is 22.9 Å². The highest BCUT2D eigenvalue weighted by Gasteiger charge is 2.31. The van der Waals surface area contributed by atoms with Crippen LogP contribution in [0.1, 0.15) is 62.6 Å². The molecule has 1 unspecified atom stereocenters. The predicted molar refractivity (Wildman–Crippen MR) is 113 cm³/mol. The van der Waals surface area contributed by atoms with Crippen molar-refractivity contribution in [3.8, 4) is 0 Å². The molecule has 1 aliphatic heterocycles. The minimum Gasteiger partial charge on any atom is -0.381 e. The molecule has 1 atom stereocenters. The Morgan fingerprint density at radius 3 is 2.52 bits per heavy atom. The molecule has 2 aliphatic rings. The zero-order chi connectivity index (χ0) is 17.8. The van der Waals surface area contributed by atoms with Crippen molar-refractivity contribution in [2.75, 3.05) is 33.3 Å². The first-order valence-electron chi connectivity index (χ1n) is 9.84. The maximum absolute atomic E-state index is 5.53. The number of ether oxygens (including phenoxy) is 1. The lowest BCUT2D eigenvalue weighted by molar-refractivity contribution is 0.0444. The third kappa shape index (κ3) is 4.96. The van der Waals surface area contributed by atoms with Gasteiger partial charge in [-0.1, -0.05) is 38.1 Å². The number of benzene rings is 1. The fourth-order valence-electron chi connectivity index (χ4n) is 4.49. The number of halogens is 1. The molecule has 1 aliphatic carbocycles. The van der Waals surface area contributed by atoms with Gasteiger partial charge < -0.3 is 4.74 Å². The monoisotopic (exact) mass is 456 g/mol. The summed E-state index contributed by atoms with van der Waals surface area (Å²) in [6, 6.07) is 9.57. The quantitative estimate of drug-likeness (QED) is 0.457. The molecule has 1 heterocycles. The second-order valence-electron chi connectivity index (χ2n) is 8.06. The van der Waals surface area contributed by atoms with E-state index >= 15 is 0 Å². The van der Waals surface area contributed by atoms with Gasteiger partial charge in [0.05, 0.1) is 12.1 Å². The highest BCUT2D eigenvalue weighted by Crippen LogP contribution is 2.34. The molecule has 0 spiro atoms. The van der Waals surface area contributed by atoms with E-state index in [1.165, 1.54) is 49.9 Å². The average molecular weight is 456 g/mol. The van der Waals surface area contributed by atoms with Crippen LogP contribution in [-0.4, -0.2) is 47.4 Å². The summed E-state index contributed by atoms with van der Waals surface area (Å²) >= 11 is 2.54. The van der Waals surface area contributed by atoms with Gasteiger partial charge in [0.25, 0.3) is 0 Å². The van der Waals surface area contributed by atoms with Gasteiger partial charge in [-0.15, -0.1) is 0 Å². The second kappa shape index (κ2) is 9.16. The van der Waals surface area contributed by atoms with Gasteiger partial charge in [0.2, 0.25) is 0 Å². The SMILES string of the molecule is COC1CCC(CN2CCN(I)C(c3ccccc3C(C)C)C2)CC1. The van der Waals surface area contributed by atoms with Gasteiger partial charge in [-0.25, -0.2) is 3.11 Å². The van der Waals surface area contributed by atoms with Crippen molar-refractivity contribution < 1.29 is 4.74 Å². The fourth-order valence-corrected chi connectivity index (χ4v) is 5.18. The van der Waals surface area contributed by atoms with Crippen molar-refractivity contribution in [1.29, 1.82) is 0 Å². The van der Waals surface area contributed by atoms with E-state index in [2.05, 4.69) is 69.0 Å². The van der Waals surface area contributed by atoms with Gasteiger partial charge in [0.1, 0.15) is 0 Å². The molecule has 140 valence electrons. The first-order valence-corrected chi connectivity index (χ1v) is 10.8. The summed E-state index contributed by atoms with van der Waals surface area (Å²) < 4.78 is 8.06. The number of hydrogen-bond donors (Lipinski definition) is 0. The molecule has 0 N–H and O–H groups in total. The van der Waals surface area contributed by atoms with Crippen molar-refractivity contribution in [2.45, 2.75) is 57.6 Å². The van der Waals surface area contributed by atoms with E-state index in [0.29, 0.717) is 18.1 Å². The van der Waals surface area contributed by atoms with Crippen LogP contribution in [0.25, 0.3) is 0 Å². The summed E-state index contributed by atoms with van der Waals surface area (Å²) in [6.07, 6.45) is 5.65. The lowest BCUT2D eigenvalue weighted by atomic mass is 9.86. The fraction of sp³-hybridized carbons (Fsp3) is 0.714. The van der Waals surface area contributed by atoms with Gasteiger partial charge in [0.15, 0.2) is 0 Å². The Kier molecular flexibility index (Phi) is 7.17. The van der Waals surface area contributed by atoms with Crippen molar-refractivity contribution in [3.05, 3.63) is 35.4 Å². The molecule has 0 bridgehead atoms. The van der Waals surface area contributed by atoms with Gasteiger partial charge in [0, 0.05) is 56.2 Å². The zero-order valence-corrected chi connectivity index (χ0v) is 18.1. The molecular formula is C21H33IN2O. The van der Waals surface area contributed by atoms with Crippen LogP contribution >= 0.6 is 22.9 Å². The Bertz CT molecular complexity index is 542. The summed E-state index contributed by atoms with van der Waals surface area (Å²) in [5, 5.41) is 0. The molecule has 1 saturated heterocycles. The first-order chi connectivity index (χ1) is 12.1. The Balaban J connectivity index is 1.64. The smallest absolute Gasteiger partial charge is 0.0574 e. The van der Waals surface area contributed by atoms with Crippen LogP contribution in [0.5, 0.6) is 0 Å². The van der Waals surface area contributed by atoms with Crippen molar-refractivity contribution in [3.63, 3.8) is 0 Å². The number of nitrogens with zero attached hydrogens (tertiary/aromatic N) is 2. The minimum absolute atomic E-state index is 0.508. The van der Waals surface area contributed by atoms with E-state index in [0.717, 1.165) is 19.0 Å². The summed E-state index contributed by atoms with van der Waals surface area (Å²) in [5.74, 6) is 1.44. The van der Waals surface area contributed by atoms with Gasteiger partial charge >= 0.3 is 0 Å². The number of hydrogen-bond acceptors (Lipinski definition) is 3. The topological polar surface area (TPSA) is 15.7 Å². The molecule has 2 fully saturated rings. The molecule has 1 aromatic rings. The highest BCUT2D eigenvalue weighted by atomic mass is 127. The van der Waals surface area contributed by atoms with E-state index in [9.17, 15) is 0 Å². The van der Waals surface area contributed by atoms with E-state index in [-0.39, 0.29) is 0 Å². The number of methoxy groups -OCH3 is 1. The zero-order valence-electron chi connectivity index (χ0n) is 16.0. The summed E-state index contributed by atoms with van der Waals surface area (Å²) in [4.78, 5) is 2.72. The van der Waals surface area contributed by atoms with Gasteiger partial charge in [-0.05, 0) is 48.6 Å². The van der Waals surface area contributed by atoms with Crippen LogP contribution in [-0.2, 0) is 4.74 Å².